The van der Waals surface area contributed by atoms with E-state index in [2.05, 4.69) is 40.3 Å². The van der Waals surface area contributed by atoms with E-state index in [0.717, 1.165) is 23.3 Å². The molecule has 16 heavy (non-hydrogen) atoms. The van der Waals surface area contributed by atoms with Crippen molar-refractivity contribution in [1.82, 2.24) is 5.32 Å². The predicted molar refractivity (Wildman–Crippen MR) is 70.3 cm³/mol. The zero-order valence-electron chi connectivity index (χ0n) is 9.85. The molecule has 1 aliphatic heterocycles. The molecule has 1 fully saturated rings. The van der Waals surface area contributed by atoms with E-state index in [1.54, 1.807) is 7.11 Å². The number of nitrogens with one attached hydrogen (secondary N) is 1. The second-order valence-electron chi connectivity index (χ2n) is 4.39. The minimum atomic E-state index is 0.583. The molecule has 88 valence electrons. The summed E-state index contributed by atoms with van der Waals surface area (Å²) in [7, 11) is 1.76. The smallest absolute Gasteiger partial charge is 0.125 e. The molecule has 1 atom stereocenters. The molecule has 0 bridgehead atoms. The average molecular weight is 284 g/mol. The van der Waals surface area contributed by atoms with Crippen molar-refractivity contribution in [3.63, 3.8) is 0 Å². The van der Waals surface area contributed by atoms with Crippen LogP contribution in [0.15, 0.2) is 16.6 Å². The molecule has 0 saturated carbocycles. The maximum atomic E-state index is 5.54. The molecule has 2 rings (SSSR count). The van der Waals surface area contributed by atoms with Crippen LogP contribution in [-0.2, 0) is 0 Å². The van der Waals surface area contributed by atoms with E-state index in [1.807, 2.05) is 0 Å². The fraction of sp³-hybridized carbons (Fsp3) is 0.538. The SMILES string of the molecule is COc1c(C)cc(Br)cc1C1CCCNC1. The van der Waals surface area contributed by atoms with Gasteiger partial charge in [0.25, 0.3) is 0 Å². The number of rotatable bonds is 2. The molecule has 3 heteroatoms. The Labute approximate surface area is 106 Å². The maximum absolute atomic E-state index is 5.54. The standard InChI is InChI=1S/C13H18BrNO/c1-9-6-11(14)7-12(13(9)16-2)10-4-3-5-15-8-10/h6-7,10,15H,3-5,8H2,1-2H3. The van der Waals surface area contributed by atoms with Crippen molar-refractivity contribution in [2.45, 2.75) is 25.7 Å². The molecule has 0 spiro atoms. The van der Waals surface area contributed by atoms with Gasteiger partial charge >= 0.3 is 0 Å². The first-order valence-corrected chi connectivity index (χ1v) is 6.56. The fourth-order valence-electron chi connectivity index (χ4n) is 2.46. The Hall–Kier alpha value is -0.540. The van der Waals surface area contributed by atoms with Gasteiger partial charge in [-0.1, -0.05) is 15.9 Å². The molecule has 1 aliphatic rings. The van der Waals surface area contributed by atoms with Crippen LogP contribution >= 0.6 is 15.9 Å². The van der Waals surface area contributed by atoms with Crippen LogP contribution in [0.2, 0.25) is 0 Å². The van der Waals surface area contributed by atoms with Crippen molar-refractivity contribution in [3.8, 4) is 5.75 Å². The summed E-state index contributed by atoms with van der Waals surface area (Å²) in [5.41, 5.74) is 2.54. The highest BCUT2D eigenvalue weighted by molar-refractivity contribution is 9.10. The van der Waals surface area contributed by atoms with Gasteiger partial charge in [0.1, 0.15) is 5.75 Å². The van der Waals surface area contributed by atoms with Gasteiger partial charge in [-0.15, -0.1) is 0 Å². The van der Waals surface area contributed by atoms with E-state index in [0.29, 0.717) is 5.92 Å². The first-order chi connectivity index (χ1) is 7.72. The van der Waals surface area contributed by atoms with Crippen LogP contribution in [0.5, 0.6) is 5.75 Å². The molecule has 0 aromatic heterocycles. The molecule has 1 saturated heterocycles. The monoisotopic (exact) mass is 283 g/mol. The lowest BCUT2D eigenvalue weighted by molar-refractivity contribution is 0.389. The van der Waals surface area contributed by atoms with Gasteiger partial charge in [0.2, 0.25) is 0 Å². The maximum Gasteiger partial charge on any atom is 0.125 e. The molecule has 1 unspecified atom stereocenters. The van der Waals surface area contributed by atoms with Gasteiger partial charge < -0.3 is 10.1 Å². The van der Waals surface area contributed by atoms with Crippen LogP contribution in [0.3, 0.4) is 0 Å². The van der Waals surface area contributed by atoms with Crippen molar-refractivity contribution < 1.29 is 4.74 Å². The van der Waals surface area contributed by atoms with Gasteiger partial charge in [-0.05, 0) is 49.6 Å². The third-order valence-corrected chi connectivity index (χ3v) is 3.67. The van der Waals surface area contributed by atoms with Crippen molar-refractivity contribution in [2.24, 2.45) is 0 Å². The zero-order chi connectivity index (χ0) is 11.5. The summed E-state index contributed by atoms with van der Waals surface area (Å²) in [6.45, 7) is 4.31. The van der Waals surface area contributed by atoms with Crippen LogP contribution < -0.4 is 10.1 Å². The first-order valence-electron chi connectivity index (χ1n) is 5.77. The van der Waals surface area contributed by atoms with E-state index in [4.69, 9.17) is 4.74 Å². The third kappa shape index (κ3) is 2.41. The number of halogens is 1. The second kappa shape index (κ2) is 5.19. The van der Waals surface area contributed by atoms with Gasteiger partial charge in [-0.25, -0.2) is 0 Å². The van der Waals surface area contributed by atoms with E-state index < -0.39 is 0 Å². The normalized spacial score (nSPS) is 20.8. The quantitative estimate of drug-likeness (QED) is 0.900. The summed E-state index contributed by atoms with van der Waals surface area (Å²) in [6, 6.07) is 4.31. The number of methoxy groups -OCH3 is 1. The molecular formula is C13H18BrNO. The molecule has 0 amide bonds. The highest BCUT2D eigenvalue weighted by Crippen LogP contribution is 2.35. The molecule has 0 radical (unpaired) electrons. The van der Waals surface area contributed by atoms with E-state index in [9.17, 15) is 0 Å². The highest BCUT2D eigenvalue weighted by atomic mass is 79.9. The van der Waals surface area contributed by atoms with Gasteiger partial charge in [0, 0.05) is 16.9 Å². The first kappa shape index (κ1) is 11.9. The number of hydrogen-bond acceptors (Lipinski definition) is 2. The van der Waals surface area contributed by atoms with Crippen LogP contribution in [0, 0.1) is 6.92 Å². The van der Waals surface area contributed by atoms with Gasteiger partial charge in [-0.2, -0.15) is 0 Å². The minimum Gasteiger partial charge on any atom is -0.496 e. The zero-order valence-corrected chi connectivity index (χ0v) is 11.4. The minimum absolute atomic E-state index is 0.583. The Morgan fingerprint density at radius 3 is 2.88 bits per heavy atom. The Morgan fingerprint density at radius 2 is 2.25 bits per heavy atom. The van der Waals surface area contributed by atoms with Crippen molar-refractivity contribution in [1.29, 1.82) is 0 Å². The van der Waals surface area contributed by atoms with Crippen molar-refractivity contribution in [3.05, 3.63) is 27.7 Å². The Kier molecular flexibility index (Phi) is 3.87. The largest absolute Gasteiger partial charge is 0.496 e. The molecule has 1 aromatic carbocycles. The Morgan fingerprint density at radius 1 is 1.44 bits per heavy atom. The van der Waals surface area contributed by atoms with Crippen molar-refractivity contribution in [2.75, 3.05) is 20.2 Å². The van der Waals surface area contributed by atoms with E-state index >= 15 is 0 Å². The molecule has 2 nitrogen and oxygen atoms in total. The van der Waals surface area contributed by atoms with Gasteiger partial charge in [0.05, 0.1) is 7.11 Å². The molecular weight excluding hydrogens is 266 g/mol. The van der Waals surface area contributed by atoms with E-state index in [-0.39, 0.29) is 0 Å². The van der Waals surface area contributed by atoms with Gasteiger partial charge in [0.15, 0.2) is 0 Å². The Bertz CT molecular complexity index is 372. The fourth-order valence-corrected chi connectivity index (χ4v) is 3.05. The topological polar surface area (TPSA) is 21.3 Å². The van der Waals surface area contributed by atoms with Crippen LogP contribution in [-0.4, -0.2) is 20.2 Å². The van der Waals surface area contributed by atoms with Crippen LogP contribution in [0.4, 0.5) is 0 Å². The number of hydrogen-bond donors (Lipinski definition) is 1. The summed E-state index contributed by atoms with van der Waals surface area (Å²) < 4.78 is 6.68. The van der Waals surface area contributed by atoms with Crippen molar-refractivity contribution >= 4 is 15.9 Å². The second-order valence-corrected chi connectivity index (χ2v) is 5.30. The third-order valence-electron chi connectivity index (χ3n) is 3.21. The molecule has 0 aliphatic carbocycles. The molecule has 1 N–H and O–H groups in total. The summed E-state index contributed by atoms with van der Waals surface area (Å²) in [5, 5.41) is 3.45. The van der Waals surface area contributed by atoms with Gasteiger partial charge in [-0.3, -0.25) is 0 Å². The summed E-state index contributed by atoms with van der Waals surface area (Å²) in [6.07, 6.45) is 2.50. The molecule has 1 aromatic rings. The average Bonchev–Trinajstić information content (AvgIpc) is 2.29. The summed E-state index contributed by atoms with van der Waals surface area (Å²) in [5.74, 6) is 1.64. The van der Waals surface area contributed by atoms with Crippen LogP contribution in [0.25, 0.3) is 0 Å². The lowest BCUT2D eigenvalue weighted by Gasteiger charge is -2.25. The number of piperidine rings is 1. The lowest BCUT2D eigenvalue weighted by atomic mass is 9.90. The number of ether oxygens (including phenoxy) is 1. The predicted octanol–water partition coefficient (Wildman–Crippen LogP) is 3.23. The molecule has 1 heterocycles. The van der Waals surface area contributed by atoms with Crippen LogP contribution in [0.1, 0.15) is 29.9 Å². The number of aryl methyl sites for hydroxylation is 1. The lowest BCUT2D eigenvalue weighted by Crippen LogP contribution is -2.28. The van der Waals surface area contributed by atoms with E-state index in [1.165, 1.54) is 24.0 Å². The Balaban J connectivity index is 2.36. The summed E-state index contributed by atoms with van der Waals surface area (Å²) in [4.78, 5) is 0. The highest BCUT2D eigenvalue weighted by Gasteiger charge is 2.20. The summed E-state index contributed by atoms with van der Waals surface area (Å²) >= 11 is 3.57. The number of benzene rings is 1.